The zero-order valence-electron chi connectivity index (χ0n) is 8.48. The Morgan fingerprint density at radius 1 is 1.44 bits per heavy atom. The van der Waals surface area contributed by atoms with Gasteiger partial charge in [-0.25, -0.2) is 4.79 Å². The Morgan fingerprint density at radius 2 is 2.12 bits per heavy atom. The van der Waals surface area contributed by atoms with E-state index < -0.39 is 18.7 Å². The summed E-state index contributed by atoms with van der Waals surface area (Å²) in [5.41, 5.74) is 0.486. The summed E-state index contributed by atoms with van der Waals surface area (Å²) < 4.78 is 0. The summed E-state index contributed by atoms with van der Waals surface area (Å²) in [5.74, 6) is 0. The summed E-state index contributed by atoms with van der Waals surface area (Å²) in [7, 11) is 0. The lowest BCUT2D eigenvalue weighted by Gasteiger charge is -2.10. The lowest BCUT2D eigenvalue weighted by Crippen LogP contribution is -2.36. The monoisotopic (exact) mass is 244 g/mol. The number of rotatable bonds is 4. The molecule has 1 aromatic rings. The first-order chi connectivity index (χ1) is 7.63. The van der Waals surface area contributed by atoms with Crippen molar-refractivity contribution in [2.45, 2.75) is 6.10 Å². The minimum absolute atomic E-state index is 0.0210. The van der Waals surface area contributed by atoms with Crippen LogP contribution < -0.4 is 10.6 Å². The highest BCUT2D eigenvalue weighted by Gasteiger charge is 2.07. The first-order valence-electron chi connectivity index (χ1n) is 4.71. The topological polar surface area (TPSA) is 81.6 Å². The van der Waals surface area contributed by atoms with Crippen molar-refractivity contribution in [2.24, 2.45) is 0 Å². The van der Waals surface area contributed by atoms with E-state index in [1.807, 2.05) is 0 Å². The third-order valence-electron chi connectivity index (χ3n) is 1.83. The van der Waals surface area contributed by atoms with E-state index in [0.29, 0.717) is 10.7 Å². The van der Waals surface area contributed by atoms with E-state index in [-0.39, 0.29) is 6.54 Å². The maximum Gasteiger partial charge on any atom is 0.319 e. The molecule has 1 rings (SSSR count). The average Bonchev–Trinajstić information content (AvgIpc) is 2.29. The Kier molecular flexibility index (Phi) is 5.04. The van der Waals surface area contributed by atoms with Gasteiger partial charge in [-0.15, -0.1) is 0 Å². The largest absolute Gasteiger partial charge is 0.394 e. The van der Waals surface area contributed by atoms with Crippen molar-refractivity contribution in [1.82, 2.24) is 5.32 Å². The molecule has 0 fully saturated rings. The van der Waals surface area contributed by atoms with Crippen molar-refractivity contribution >= 4 is 23.3 Å². The summed E-state index contributed by atoms with van der Waals surface area (Å²) >= 11 is 5.83. The lowest BCUT2D eigenvalue weighted by molar-refractivity contribution is 0.0965. The first-order valence-corrected chi connectivity index (χ1v) is 5.09. The molecule has 0 heterocycles. The summed E-state index contributed by atoms with van der Waals surface area (Å²) in [6.45, 7) is -0.418. The van der Waals surface area contributed by atoms with Crippen molar-refractivity contribution in [3.8, 4) is 0 Å². The zero-order valence-corrected chi connectivity index (χ0v) is 9.24. The number of hydrogen-bond acceptors (Lipinski definition) is 3. The molecule has 1 unspecified atom stereocenters. The Hall–Kier alpha value is -1.30. The van der Waals surface area contributed by atoms with Gasteiger partial charge in [-0.2, -0.15) is 0 Å². The number of amides is 2. The molecular weight excluding hydrogens is 232 g/mol. The van der Waals surface area contributed by atoms with Gasteiger partial charge in [0.05, 0.1) is 23.4 Å². The van der Waals surface area contributed by atoms with Crippen LogP contribution in [0.15, 0.2) is 24.3 Å². The number of nitrogens with one attached hydrogen (secondary N) is 2. The van der Waals surface area contributed by atoms with Gasteiger partial charge < -0.3 is 20.8 Å². The van der Waals surface area contributed by atoms with Crippen LogP contribution in [0, 0.1) is 0 Å². The molecule has 0 aliphatic heterocycles. The number of para-hydroxylation sites is 1. The Balaban J connectivity index is 2.43. The van der Waals surface area contributed by atoms with Crippen LogP contribution in [0.3, 0.4) is 0 Å². The number of aliphatic hydroxyl groups excluding tert-OH is 2. The fraction of sp³-hybridized carbons (Fsp3) is 0.300. The normalized spacial score (nSPS) is 11.9. The quantitative estimate of drug-likeness (QED) is 0.633. The maximum absolute atomic E-state index is 11.3. The van der Waals surface area contributed by atoms with E-state index >= 15 is 0 Å². The maximum atomic E-state index is 11.3. The van der Waals surface area contributed by atoms with E-state index in [2.05, 4.69) is 10.6 Å². The third-order valence-corrected chi connectivity index (χ3v) is 2.16. The SMILES string of the molecule is O=C(NCC(O)CO)Nc1ccccc1Cl. The van der Waals surface area contributed by atoms with Crippen LogP contribution in [0.1, 0.15) is 0 Å². The predicted octanol–water partition coefficient (Wildman–Crippen LogP) is 0.815. The molecule has 0 saturated heterocycles. The number of carbonyl (C=O) groups is 1. The highest BCUT2D eigenvalue weighted by Crippen LogP contribution is 2.19. The van der Waals surface area contributed by atoms with Crippen LogP contribution in [0.25, 0.3) is 0 Å². The van der Waals surface area contributed by atoms with Crippen molar-refractivity contribution in [2.75, 3.05) is 18.5 Å². The van der Waals surface area contributed by atoms with Crippen LogP contribution in [-0.2, 0) is 0 Å². The Labute approximate surface area is 98.0 Å². The van der Waals surface area contributed by atoms with Gasteiger partial charge in [-0.05, 0) is 12.1 Å². The van der Waals surface area contributed by atoms with Gasteiger partial charge in [0, 0.05) is 6.54 Å². The number of aliphatic hydroxyl groups is 2. The van der Waals surface area contributed by atoms with Crippen LogP contribution in [-0.4, -0.2) is 35.5 Å². The summed E-state index contributed by atoms with van der Waals surface area (Å²) in [4.78, 5) is 11.3. The molecular formula is C10H13ClN2O3. The molecule has 4 N–H and O–H groups in total. The highest BCUT2D eigenvalue weighted by atomic mass is 35.5. The molecule has 0 radical (unpaired) electrons. The molecule has 0 aromatic heterocycles. The van der Waals surface area contributed by atoms with Gasteiger partial charge in [0.25, 0.3) is 0 Å². The van der Waals surface area contributed by atoms with Gasteiger partial charge in [-0.3, -0.25) is 0 Å². The van der Waals surface area contributed by atoms with Crippen molar-refractivity contribution in [3.63, 3.8) is 0 Å². The Bertz CT molecular complexity index is 360. The summed E-state index contributed by atoms with van der Waals surface area (Å²) in [5, 5.41) is 22.9. The van der Waals surface area contributed by atoms with E-state index in [0.717, 1.165) is 0 Å². The fourth-order valence-electron chi connectivity index (χ4n) is 1.00. The van der Waals surface area contributed by atoms with Gasteiger partial charge >= 0.3 is 6.03 Å². The zero-order chi connectivity index (χ0) is 12.0. The van der Waals surface area contributed by atoms with Crippen molar-refractivity contribution in [3.05, 3.63) is 29.3 Å². The second-order valence-corrected chi connectivity index (χ2v) is 3.56. The van der Waals surface area contributed by atoms with Gasteiger partial charge in [0.1, 0.15) is 0 Å². The number of urea groups is 1. The number of hydrogen-bond donors (Lipinski definition) is 4. The number of benzene rings is 1. The molecule has 88 valence electrons. The number of anilines is 1. The second kappa shape index (κ2) is 6.32. The molecule has 0 spiro atoms. The van der Waals surface area contributed by atoms with Crippen molar-refractivity contribution in [1.29, 1.82) is 0 Å². The molecule has 1 atom stereocenters. The van der Waals surface area contributed by atoms with Crippen LogP contribution >= 0.6 is 11.6 Å². The first kappa shape index (κ1) is 12.8. The Morgan fingerprint density at radius 3 is 2.75 bits per heavy atom. The van der Waals surface area contributed by atoms with Crippen LogP contribution in [0.5, 0.6) is 0 Å². The lowest BCUT2D eigenvalue weighted by atomic mass is 10.3. The standard InChI is InChI=1S/C10H13ClN2O3/c11-8-3-1-2-4-9(8)13-10(16)12-5-7(15)6-14/h1-4,7,14-15H,5-6H2,(H2,12,13,16). The second-order valence-electron chi connectivity index (χ2n) is 3.15. The molecule has 6 heteroatoms. The molecule has 5 nitrogen and oxygen atoms in total. The smallest absolute Gasteiger partial charge is 0.319 e. The van der Waals surface area contributed by atoms with Gasteiger partial charge in [-0.1, -0.05) is 23.7 Å². The van der Waals surface area contributed by atoms with E-state index in [4.69, 9.17) is 21.8 Å². The van der Waals surface area contributed by atoms with E-state index in [1.54, 1.807) is 24.3 Å². The average molecular weight is 245 g/mol. The molecule has 16 heavy (non-hydrogen) atoms. The third kappa shape index (κ3) is 4.06. The fourth-order valence-corrected chi connectivity index (χ4v) is 1.19. The summed E-state index contributed by atoms with van der Waals surface area (Å²) in [6, 6.07) is 6.32. The molecule has 0 aliphatic rings. The van der Waals surface area contributed by atoms with Gasteiger partial charge in [0.15, 0.2) is 0 Å². The van der Waals surface area contributed by atoms with E-state index in [9.17, 15) is 4.79 Å². The molecule has 2 amide bonds. The number of halogens is 1. The van der Waals surface area contributed by atoms with Gasteiger partial charge in [0.2, 0.25) is 0 Å². The van der Waals surface area contributed by atoms with E-state index in [1.165, 1.54) is 0 Å². The highest BCUT2D eigenvalue weighted by molar-refractivity contribution is 6.33. The minimum atomic E-state index is -0.961. The van der Waals surface area contributed by atoms with Crippen LogP contribution in [0.2, 0.25) is 5.02 Å². The molecule has 0 aliphatic carbocycles. The molecule has 0 bridgehead atoms. The molecule has 0 saturated carbocycles. The van der Waals surface area contributed by atoms with Crippen molar-refractivity contribution < 1.29 is 15.0 Å². The predicted molar refractivity (Wildman–Crippen MR) is 61.6 cm³/mol. The molecule has 1 aromatic carbocycles. The van der Waals surface area contributed by atoms with Crippen LogP contribution in [0.4, 0.5) is 10.5 Å². The minimum Gasteiger partial charge on any atom is -0.394 e. The summed E-state index contributed by atoms with van der Waals surface area (Å²) in [6.07, 6.45) is -0.961. The number of carbonyl (C=O) groups excluding carboxylic acids is 1.